The Labute approximate surface area is 61.3 Å². The molecule has 2 rings (SSSR count). The number of carbonyl (C=O) groups excluding carboxylic acids is 1. The molecule has 52 valence electrons. The van der Waals surface area contributed by atoms with Crippen LogP contribution in [0, 0.1) is 0 Å². The van der Waals surface area contributed by atoms with Crippen molar-refractivity contribution in [3.8, 4) is 0 Å². The summed E-state index contributed by atoms with van der Waals surface area (Å²) in [6.07, 6.45) is -0.935. The topological polar surface area (TPSA) is 49.3 Å². The zero-order valence-electron chi connectivity index (χ0n) is 5.00. The molecule has 0 saturated heterocycles. The van der Waals surface area contributed by atoms with Crippen molar-refractivity contribution in [3.63, 3.8) is 0 Å². The summed E-state index contributed by atoms with van der Waals surface area (Å²) in [5.41, 5.74) is 0.752. The van der Waals surface area contributed by atoms with Crippen LogP contribution >= 0.6 is 11.3 Å². The molecule has 0 aromatic carbocycles. The molecule has 0 bridgehead atoms. The molecule has 3 nitrogen and oxygen atoms in total. The lowest BCUT2D eigenvalue weighted by molar-refractivity contribution is -0.123. The van der Waals surface area contributed by atoms with Crippen LogP contribution in [0.15, 0.2) is 11.4 Å². The quantitative estimate of drug-likeness (QED) is 0.580. The minimum Gasteiger partial charge on any atom is -0.378 e. The molecule has 2 N–H and O–H groups in total. The van der Waals surface area contributed by atoms with E-state index in [9.17, 15) is 4.79 Å². The van der Waals surface area contributed by atoms with Crippen LogP contribution in [0.4, 0.5) is 5.69 Å². The molecule has 4 heteroatoms. The highest BCUT2D eigenvalue weighted by Crippen LogP contribution is 2.34. The first-order valence-electron chi connectivity index (χ1n) is 2.85. The maximum atomic E-state index is 10.7. The maximum absolute atomic E-state index is 10.7. The highest BCUT2D eigenvalue weighted by Gasteiger charge is 2.29. The zero-order valence-corrected chi connectivity index (χ0v) is 5.81. The van der Waals surface area contributed by atoms with Crippen LogP contribution in [0.2, 0.25) is 0 Å². The first-order chi connectivity index (χ1) is 4.79. The Bertz CT molecular complexity index is 281. The van der Waals surface area contributed by atoms with E-state index >= 15 is 0 Å². The first-order valence-corrected chi connectivity index (χ1v) is 3.73. The molecule has 1 aliphatic rings. The Kier molecular flexibility index (Phi) is 1.06. The van der Waals surface area contributed by atoms with Gasteiger partial charge in [0.25, 0.3) is 5.91 Å². The number of hydrogen-bond donors (Lipinski definition) is 2. The summed E-state index contributed by atoms with van der Waals surface area (Å²) < 4.78 is 0. The van der Waals surface area contributed by atoms with E-state index < -0.39 is 6.10 Å². The van der Waals surface area contributed by atoms with Crippen molar-refractivity contribution in [3.05, 3.63) is 16.3 Å². The Morgan fingerprint density at radius 1 is 1.70 bits per heavy atom. The standard InChI is InChI=1S/C6H5NO2S/c8-4-5-3(1-2-10-5)7-6(4)9/h1-2,4,8H,(H,7,9). The lowest BCUT2D eigenvalue weighted by Gasteiger charge is -1.93. The van der Waals surface area contributed by atoms with Gasteiger partial charge in [-0.1, -0.05) is 0 Å². The van der Waals surface area contributed by atoms with E-state index in [1.807, 2.05) is 5.38 Å². The van der Waals surface area contributed by atoms with Gasteiger partial charge in [0.05, 0.1) is 10.6 Å². The molecule has 1 amide bonds. The largest absolute Gasteiger partial charge is 0.378 e. The van der Waals surface area contributed by atoms with E-state index in [-0.39, 0.29) is 5.91 Å². The fourth-order valence-electron chi connectivity index (χ4n) is 0.956. The Morgan fingerprint density at radius 3 is 3.20 bits per heavy atom. The van der Waals surface area contributed by atoms with Gasteiger partial charge in [0.2, 0.25) is 0 Å². The number of rotatable bonds is 0. The van der Waals surface area contributed by atoms with Crippen molar-refractivity contribution in [2.45, 2.75) is 6.10 Å². The number of fused-ring (bicyclic) bond motifs is 1. The minimum absolute atomic E-state index is 0.318. The zero-order chi connectivity index (χ0) is 7.14. The summed E-state index contributed by atoms with van der Waals surface area (Å²) in [6.45, 7) is 0. The molecular formula is C6H5NO2S. The molecular weight excluding hydrogens is 150 g/mol. The number of aliphatic hydroxyl groups excluding tert-OH is 1. The lowest BCUT2D eigenvalue weighted by atomic mass is 10.3. The molecule has 1 unspecified atom stereocenters. The van der Waals surface area contributed by atoms with Crippen molar-refractivity contribution < 1.29 is 9.90 Å². The van der Waals surface area contributed by atoms with Gasteiger partial charge in [-0.2, -0.15) is 0 Å². The highest BCUT2D eigenvalue weighted by molar-refractivity contribution is 7.10. The van der Waals surface area contributed by atoms with E-state index in [0.717, 1.165) is 10.6 Å². The van der Waals surface area contributed by atoms with Gasteiger partial charge in [-0.15, -0.1) is 11.3 Å². The predicted molar refractivity (Wildman–Crippen MR) is 37.9 cm³/mol. The van der Waals surface area contributed by atoms with E-state index in [4.69, 9.17) is 5.11 Å². The third-order valence-corrected chi connectivity index (χ3v) is 2.42. The van der Waals surface area contributed by atoms with Gasteiger partial charge in [-0.25, -0.2) is 0 Å². The second-order valence-corrected chi connectivity index (χ2v) is 3.04. The molecule has 0 aliphatic carbocycles. The number of amides is 1. The Hall–Kier alpha value is -0.870. The first kappa shape index (κ1) is 5.88. The number of nitrogens with one attached hydrogen (secondary N) is 1. The smallest absolute Gasteiger partial charge is 0.258 e. The fraction of sp³-hybridized carbons (Fsp3) is 0.167. The van der Waals surface area contributed by atoms with Crippen LogP contribution in [0.3, 0.4) is 0 Å². The highest BCUT2D eigenvalue weighted by atomic mass is 32.1. The summed E-state index contributed by atoms with van der Waals surface area (Å²) >= 11 is 1.39. The second kappa shape index (κ2) is 1.81. The fourth-order valence-corrected chi connectivity index (χ4v) is 1.79. The van der Waals surface area contributed by atoms with E-state index in [1.54, 1.807) is 6.07 Å². The molecule has 0 fully saturated rings. The number of anilines is 1. The molecule has 10 heavy (non-hydrogen) atoms. The van der Waals surface area contributed by atoms with Crippen molar-refractivity contribution in [1.29, 1.82) is 0 Å². The van der Waals surface area contributed by atoms with Gasteiger partial charge < -0.3 is 10.4 Å². The van der Waals surface area contributed by atoms with Crippen molar-refractivity contribution in [2.24, 2.45) is 0 Å². The van der Waals surface area contributed by atoms with Crippen molar-refractivity contribution >= 4 is 22.9 Å². The van der Waals surface area contributed by atoms with Gasteiger partial charge in [-0.05, 0) is 11.4 Å². The van der Waals surface area contributed by atoms with Crippen LogP contribution in [0.1, 0.15) is 11.0 Å². The number of aliphatic hydroxyl groups is 1. The third kappa shape index (κ3) is 0.600. The lowest BCUT2D eigenvalue weighted by Crippen LogP contribution is -2.10. The Balaban J connectivity index is 2.52. The molecule has 1 aromatic rings. The summed E-state index contributed by atoms with van der Waals surface area (Å²) in [4.78, 5) is 11.5. The van der Waals surface area contributed by atoms with Crippen LogP contribution in [0.5, 0.6) is 0 Å². The molecule has 1 atom stereocenters. The van der Waals surface area contributed by atoms with E-state index in [2.05, 4.69) is 5.32 Å². The summed E-state index contributed by atoms with van der Waals surface area (Å²) in [5, 5.41) is 13.5. The molecule has 0 saturated carbocycles. The molecule has 1 aliphatic heterocycles. The Morgan fingerprint density at radius 2 is 2.50 bits per heavy atom. The SMILES string of the molecule is O=C1Nc2ccsc2C1O. The summed E-state index contributed by atoms with van der Waals surface area (Å²) in [5.74, 6) is -0.318. The summed E-state index contributed by atoms with van der Waals surface area (Å²) in [6, 6.07) is 1.79. The average molecular weight is 155 g/mol. The molecule has 1 aromatic heterocycles. The van der Waals surface area contributed by atoms with Gasteiger partial charge in [0, 0.05) is 0 Å². The molecule has 0 radical (unpaired) electrons. The van der Waals surface area contributed by atoms with Crippen LogP contribution in [-0.4, -0.2) is 11.0 Å². The summed E-state index contributed by atoms with van der Waals surface area (Å²) in [7, 11) is 0. The van der Waals surface area contributed by atoms with Crippen molar-refractivity contribution in [1.82, 2.24) is 0 Å². The van der Waals surface area contributed by atoms with Crippen LogP contribution in [0.25, 0.3) is 0 Å². The number of hydrogen-bond acceptors (Lipinski definition) is 3. The molecule has 2 heterocycles. The number of thiophene rings is 1. The third-order valence-electron chi connectivity index (χ3n) is 1.45. The van der Waals surface area contributed by atoms with Crippen molar-refractivity contribution in [2.75, 3.05) is 5.32 Å². The average Bonchev–Trinajstić information content (AvgIpc) is 2.41. The minimum atomic E-state index is -0.935. The van der Waals surface area contributed by atoms with Gasteiger partial charge in [0.15, 0.2) is 6.10 Å². The maximum Gasteiger partial charge on any atom is 0.258 e. The second-order valence-electron chi connectivity index (χ2n) is 2.09. The van der Waals surface area contributed by atoms with Gasteiger partial charge in [0.1, 0.15) is 0 Å². The predicted octanol–water partition coefficient (Wildman–Crippen LogP) is 0.734. The number of carbonyl (C=O) groups is 1. The monoisotopic (exact) mass is 155 g/mol. The van der Waals surface area contributed by atoms with E-state index in [1.165, 1.54) is 11.3 Å². The van der Waals surface area contributed by atoms with Crippen LogP contribution in [-0.2, 0) is 4.79 Å². The van der Waals surface area contributed by atoms with Crippen LogP contribution < -0.4 is 5.32 Å². The van der Waals surface area contributed by atoms with Gasteiger partial charge >= 0.3 is 0 Å². The normalized spacial score (nSPS) is 22.5. The van der Waals surface area contributed by atoms with Gasteiger partial charge in [-0.3, -0.25) is 4.79 Å². The van der Waals surface area contributed by atoms with E-state index in [0.29, 0.717) is 0 Å². The molecule has 0 spiro atoms.